The summed E-state index contributed by atoms with van der Waals surface area (Å²) in [6.45, 7) is 1.41. The van der Waals surface area contributed by atoms with Crippen LogP contribution in [0.3, 0.4) is 0 Å². The molecule has 5 aromatic rings. The molecule has 2 fully saturated rings. The number of anilines is 1. The van der Waals surface area contributed by atoms with Gasteiger partial charge in [-0.05, 0) is 73.6 Å². The van der Waals surface area contributed by atoms with Gasteiger partial charge in [0.15, 0.2) is 11.2 Å². The van der Waals surface area contributed by atoms with Crippen LogP contribution in [0.5, 0.6) is 11.5 Å². The standard InChI is InChI=1S/C44H50N6O10/c1-27(51)10-23-38(53)59-34-21-15-31(16-22-34)49(2)43(55)48-42-46-40-39(41(54)47-42)45-26-50(40)37-24-35(52)36(60-37)25-58-44(28-8-6-5-7-9-28,29-11-17-32(56-3)18-12-29)30-13-19-33(57-4)20-14-30/h5-9,11-14,17-20,26,31,34-37,52H,10,15-16,21-25H2,1-4H3,(H2,46,47,48,54,55)/t31?,34?,35-,36+,37+/m0/s1. The molecule has 1 aliphatic heterocycles. The van der Waals surface area contributed by atoms with Crippen LogP contribution >= 0.6 is 0 Å². The third-order valence-electron chi connectivity index (χ3n) is 11.3. The molecule has 1 saturated heterocycles. The summed E-state index contributed by atoms with van der Waals surface area (Å²) in [7, 11) is 4.88. The molecule has 16 nitrogen and oxygen atoms in total. The number of carbonyl (C=O) groups is 3. The fraction of sp³-hybridized carbons (Fsp3) is 0.409. The van der Waals surface area contributed by atoms with E-state index in [1.807, 2.05) is 78.9 Å². The number of aliphatic hydroxyl groups is 1. The number of benzene rings is 3. The van der Waals surface area contributed by atoms with Crippen molar-refractivity contribution in [3.8, 4) is 11.5 Å². The van der Waals surface area contributed by atoms with Gasteiger partial charge < -0.3 is 38.5 Å². The Kier molecular flexibility index (Phi) is 12.9. The molecule has 0 radical (unpaired) electrons. The molecular formula is C44H50N6O10. The molecule has 0 spiro atoms. The van der Waals surface area contributed by atoms with Crippen LogP contribution in [0.2, 0.25) is 0 Å². The van der Waals surface area contributed by atoms with Crippen molar-refractivity contribution in [3.05, 3.63) is 112 Å². The Labute approximate surface area is 346 Å². The van der Waals surface area contributed by atoms with Crippen molar-refractivity contribution in [2.75, 3.05) is 33.2 Å². The van der Waals surface area contributed by atoms with E-state index in [0.29, 0.717) is 37.2 Å². The van der Waals surface area contributed by atoms with Gasteiger partial charge in [0.1, 0.15) is 41.3 Å². The molecule has 0 unspecified atom stereocenters. The number of fused-ring (bicyclic) bond motifs is 1. The van der Waals surface area contributed by atoms with E-state index in [0.717, 1.165) is 16.7 Å². The van der Waals surface area contributed by atoms with Crippen molar-refractivity contribution in [1.82, 2.24) is 24.4 Å². The van der Waals surface area contributed by atoms with Gasteiger partial charge in [0.05, 0.1) is 39.7 Å². The summed E-state index contributed by atoms with van der Waals surface area (Å²) in [5.74, 6) is 0.826. The summed E-state index contributed by atoms with van der Waals surface area (Å²) in [6.07, 6.45) is 1.35. The highest BCUT2D eigenvalue weighted by Gasteiger charge is 2.42. The van der Waals surface area contributed by atoms with Crippen LogP contribution in [-0.2, 0) is 29.4 Å². The number of urea groups is 1. The Balaban J connectivity index is 1.06. The number of H-pyrrole nitrogens is 1. The summed E-state index contributed by atoms with van der Waals surface area (Å²) in [5, 5.41) is 14.1. The van der Waals surface area contributed by atoms with Gasteiger partial charge in [-0.1, -0.05) is 54.6 Å². The van der Waals surface area contributed by atoms with Gasteiger partial charge in [0, 0.05) is 25.9 Å². The first-order chi connectivity index (χ1) is 29.0. The number of aromatic nitrogens is 4. The number of hydrogen-bond acceptors (Lipinski definition) is 12. The fourth-order valence-electron chi connectivity index (χ4n) is 7.94. The van der Waals surface area contributed by atoms with E-state index in [2.05, 4.69) is 20.3 Å². The van der Waals surface area contributed by atoms with E-state index in [9.17, 15) is 24.3 Å². The Morgan fingerprint density at radius 1 is 0.917 bits per heavy atom. The van der Waals surface area contributed by atoms with Gasteiger partial charge in [-0.25, -0.2) is 9.78 Å². The Bertz CT molecular complexity index is 2280. The molecule has 3 N–H and O–H groups in total. The van der Waals surface area contributed by atoms with Crippen molar-refractivity contribution in [3.63, 3.8) is 0 Å². The van der Waals surface area contributed by atoms with Gasteiger partial charge in [-0.15, -0.1) is 0 Å². The lowest BCUT2D eigenvalue weighted by atomic mass is 9.80. The van der Waals surface area contributed by atoms with E-state index in [4.69, 9.17) is 23.7 Å². The van der Waals surface area contributed by atoms with Gasteiger partial charge in [0.25, 0.3) is 5.56 Å². The molecule has 316 valence electrons. The van der Waals surface area contributed by atoms with E-state index >= 15 is 0 Å². The van der Waals surface area contributed by atoms with Crippen LogP contribution in [0.15, 0.2) is 90.0 Å². The number of amides is 2. The molecule has 3 aromatic carbocycles. The predicted octanol–water partition coefficient (Wildman–Crippen LogP) is 5.48. The van der Waals surface area contributed by atoms with Gasteiger partial charge in [-0.3, -0.25) is 24.5 Å². The smallest absolute Gasteiger partial charge is 0.324 e. The molecule has 3 atom stereocenters. The third kappa shape index (κ3) is 9.05. The number of ether oxygens (including phenoxy) is 5. The second kappa shape index (κ2) is 18.4. The molecule has 0 bridgehead atoms. The number of aliphatic hydroxyl groups excluding tert-OH is 1. The molecule has 16 heteroatoms. The SMILES string of the molecule is COc1ccc(C(OC[C@H]2O[C@@H](n3cnc4c(=O)[nH]c(NC(=O)N(C)C5CCC(OC(=O)CCC(C)=O)CC5)nc43)C[C@@H]2O)(c2ccccc2)c2ccc(OC)cc2)cc1. The van der Waals surface area contributed by atoms with Crippen molar-refractivity contribution in [2.45, 2.75) is 88.1 Å². The van der Waals surface area contributed by atoms with Crippen molar-refractivity contribution < 1.29 is 43.2 Å². The highest BCUT2D eigenvalue weighted by atomic mass is 16.6. The highest BCUT2D eigenvalue weighted by Crippen LogP contribution is 2.43. The van der Waals surface area contributed by atoms with Crippen LogP contribution in [0.4, 0.5) is 10.7 Å². The first kappa shape index (κ1) is 42.0. The number of nitrogens with one attached hydrogen (secondary N) is 2. The monoisotopic (exact) mass is 822 g/mol. The van der Waals surface area contributed by atoms with E-state index in [1.54, 1.807) is 30.7 Å². The van der Waals surface area contributed by atoms with Crippen molar-refractivity contribution in [2.24, 2.45) is 0 Å². The number of carbonyl (C=O) groups excluding carboxylic acids is 3. The minimum atomic E-state index is -1.14. The Hall–Kier alpha value is -6.10. The minimum absolute atomic E-state index is 0.0247. The second-order valence-corrected chi connectivity index (χ2v) is 15.1. The van der Waals surface area contributed by atoms with Gasteiger partial charge in [0.2, 0.25) is 5.95 Å². The number of aromatic amines is 1. The van der Waals surface area contributed by atoms with Crippen LogP contribution in [0.1, 0.15) is 74.8 Å². The Morgan fingerprint density at radius 2 is 1.53 bits per heavy atom. The van der Waals surface area contributed by atoms with Crippen LogP contribution in [0.25, 0.3) is 11.2 Å². The second-order valence-electron chi connectivity index (χ2n) is 15.1. The maximum absolute atomic E-state index is 13.4. The normalized spacial score (nSPS) is 20.4. The van der Waals surface area contributed by atoms with Gasteiger partial charge >= 0.3 is 12.0 Å². The maximum atomic E-state index is 13.4. The number of rotatable bonds is 15. The number of ketones is 1. The number of methoxy groups -OCH3 is 2. The molecule has 1 aliphatic carbocycles. The van der Waals surface area contributed by atoms with Crippen LogP contribution in [0, 0.1) is 0 Å². The van der Waals surface area contributed by atoms with Gasteiger partial charge in [-0.2, -0.15) is 4.98 Å². The lowest BCUT2D eigenvalue weighted by molar-refractivity contribution is -0.151. The number of nitrogens with zero attached hydrogens (tertiary/aromatic N) is 4. The molecule has 1 saturated carbocycles. The Morgan fingerprint density at radius 3 is 2.13 bits per heavy atom. The lowest BCUT2D eigenvalue weighted by Gasteiger charge is -2.37. The van der Waals surface area contributed by atoms with E-state index in [-0.39, 0.29) is 60.9 Å². The quantitative estimate of drug-likeness (QED) is 0.0890. The predicted molar refractivity (Wildman–Crippen MR) is 220 cm³/mol. The summed E-state index contributed by atoms with van der Waals surface area (Å²) in [6, 6.07) is 24.5. The first-order valence-corrected chi connectivity index (χ1v) is 20.0. The average molecular weight is 823 g/mol. The fourth-order valence-corrected chi connectivity index (χ4v) is 7.94. The zero-order valence-corrected chi connectivity index (χ0v) is 34.0. The van der Waals surface area contributed by atoms with Crippen LogP contribution in [-0.4, -0.2) is 99.5 Å². The topological polar surface area (TPSA) is 196 Å². The molecule has 7 rings (SSSR count). The summed E-state index contributed by atoms with van der Waals surface area (Å²) < 4.78 is 31.5. The third-order valence-corrected chi connectivity index (χ3v) is 11.3. The number of hydrogen-bond donors (Lipinski definition) is 3. The summed E-state index contributed by atoms with van der Waals surface area (Å²) in [4.78, 5) is 62.9. The maximum Gasteiger partial charge on any atom is 0.324 e. The summed E-state index contributed by atoms with van der Waals surface area (Å²) in [5.41, 5.74) is 1.00. The number of Topliss-reactive ketones (excluding diaryl/α,β-unsaturated/α-hetero) is 1. The zero-order valence-electron chi connectivity index (χ0n) is 34.0. The molecular weight excluding hydrogens is 773 g/mol. The largest absolute Gasteiger partial charge is 0.497 e. The zero-order chi connectivity index (χ0) is 42.4. The molecule has 2 aromatic heterocycles. The lowest BCUT2D eigenvalue weighted by Crippen LogP contribution is -2.43. The van der Waals surface area contributed by atoms with Crippen molar-refractivity contribution >= 4 is 34.9 Å². The number of esters is 1. The molecule has 60 heavy (non-hydrogen) atoms. The number of imidazole rings is 1. The first-order valence-electron chi connectivity index (χ1n) is 20.0. The van der Waals surface area contributed by atoms with E-state index in [1.165, 1.54) is 13.3 Å². The summed E-state index contributed by atoms with van der Waals surface area (Å²) >= 11 is 0. The van der Waals surface area contributed by atoms with Crippen molar-refractivity contribution in [1.29, 1.82) is 0 Å². The molecule has 3 heterocycles. The van der Waals surface area contributed by atoms with Crippen LogP contribution < -0.4 is 20.3 Å². The minimum Gasteiger partial charge on any atom is -0.497 e. The molecule has 2 aliphatic rings. The highest BCUT2D eigenvalue weighted by molar-refractivity contribution is 5.88. The molecule has 2 amide bonds. The van der Waals surface area contributed by atoms with E-state index < -0.39 is 41.6 Å². The average Bonchev–Trinajstić information content (AvgIpc) is 3.87.